The predicted octanol–water partition coefficient (Wildman–Crippen LogP) is 5.08. The summed E-state index contributed by atoms with van der Waals surface area (Å²) in [6.45, 7) is 3.63. The summed E-state index contributed by atoms with van der Waals surface area (Å²) in [4.78, 5) is 25.5. The number of rotatable bonds is 6. The molecule has 5 rings (SSSR count). The van der Waals surface area contributed by atoms with Gasteiger partial charge in [-0.25, -0.2) is 15.0 Å². The predicted molar refractivity (Wildman–Crippen MR) is 129 cm³/mol. The van der Waals surface area contributed by atoms with Crippen LogP contribution < -0.4 is 15.4 Å². The van der Waals surface area contributed by atoms with Crippen LogP contribution in [0.1, 0.15) is 65.3 Å². The van der Waals surface area contributed by atoms with Gasteiger partial charge in [0, 0.05) is 52.2 Å². The Kier molecular flexibility index (Phi) is 6.69. The average Bonchev–Trinajstić information content (AvgIpc) is 3.42. The highest BCUT2D eigenvalue weighted by Gasteiger charge is 2.35. The smallest absolute Gasteiger partial charge is 0.451 e. The number of amides is 1. The first kappa shape index (κ1) is 24.6. The SMILES string of the molecule is Cc1cnc(-c2cc(O[C@@H]3C[C@H]4CC[C@@H](C3)N4)cc(C(=O)N[C@H](C)c3cnc(C(F)(F)F)nc3)c2)s1. The lowest BCUT2D eigenvalue weighted by atomic mass is 10.0. The van der Waals surface area contributed by atoms with Crippen molar-refractivity contribution >= 4 is 17.2 Å². The first-order chi connectivity index (χ1) is 17.1. The molecule has 7 nitrogen and oxygen atoms in total. The number of benzene rings is 1. The van der Waals surface area contributed by atoms with Gasteiger partial charge >= 0.3 is 6.18 Å². The van der Waals surface area contributed by atoms with Gasteiger partial charge in [0.2, 0.25) is 5.82 Å². The normalized spacial score (nSPS) is 22.3. The molecule has 2 N–H and O–H groups in total. The van der Waals surface area contributed by atoms with Gasteiger partial charge in [-0.1, -0.05) is 0 Å². The molecule has 11 heteroatoms. The number of hydrogen-bond acceptors (Lipinski definition) is 7. The van der Waals surface area contributed by atoms with Crippen molar-refractivity contribution in [2.75, 3.05) is 0 Å². The van der Waals surface area contributed by atoms with Crippen LogP contribution >= 0.6 is 11.3 Å². The van der Waals surface area contributed by atoms with Crippen LogP contribution in [0.3, 0.4) is 0 Å². The zero-order valence-corrected chi connectivity index (χ0v) is 20.6. The molecule has 4 atom stereocenters. The molecule has 4 heterocycles. The lowest BCUT2D eigenvalue weighted by Crippen LogP contribution is -2.42. The number of alkyl halides is 3. The van der Waals surface area contributed by atoms with Crippen LogP contribution in [0, 0.1) is 6.92 Å². The van der Waals surface area contributed by atoms with E-state index in [0.29, 0.717) is 29.0 Å². The highest BCUT2D eigenvalue weighted by Crippen LogP contribution is 2.33. The van der Waals surface area contributed by atoms with Crippen LogP contribution in [0.15, 0.2) is 36.8 Å². The second-order valence-electron chi connectivity index (χ2n) is 9.40. The molecule has 2 fully saturated rings. The van der Waals surface area contributed by atoms with E-state index in [4.69, 9.17) is 4.74 Å². The minimum Gasteiger partial charge on any atom is -0.490 e. The van der Waals surface area contributed by atoms with E-state index in [-0.39, 0.29) is 12.0 Å². The summed E-state index contributed by atoms with van der Waals surface area (Å²) in [6, 6.07) is 5.70. The van der Waals surface area contributed by atoms with Crippen molar-refractivity contribution in [2.24, 2.45) is 0 Å². The minimum atomic E-state index is -4.62. The van der Waals surface area contributed by atoms with Gasteiger partial charge in [-0.3, -0.25) is 4.79 Å². The zero-order chi connectivity index (χ0) is 25.4. The average molecular weight is 518 g/mol. The van der Waals surface area contributed by atoms with Gasteiger partial charge in [-0.15, -0.1) is 11.3 Å². The number of piperidine rings is 1. The highest BCUT2D eigenvalue weighted by molar-refractivity contribution is 7.14. The molecule has 1 amide bonds. The Balaban J connectivity index is 1.37. The molecular formula is C25H26F3N5O2S. The Morgan fingerprint density at radius 3 is 2.42 bits per heavy atom. The minimum absolute atomic E-state index is 0.0659. The van der Waals surface area contributed by atoms with E-state index in [9.17, 15) is 18.0 Å². The van der Waals surface area contributed by atoms with Gasteiger partial charge < -0.3 is 15.4 Å². The lowest BCUT2D eigenvalue weighted by molar-refractivity contribution is -0.145. The summed E-state index contributed by atoms with van der Waals surface area (Å²) in [5.74, 6) is -1.00. The quantitative estimate of drug-likeness (QED) is 0.474. The summed E-state index contributed by atoms with van der Waals surface area (Å²) in [7, 11) is 0. The number of halogens is 3. The molecule has 0 spiro atoms. The Morgan fingerprint density at radius 2 is 1.81 bits per heavy atom. The van der Waals surface area contributed by atoms with Crippen LogP contribution in [-0.2, 0) is 6.18 Å². The highest BCUT2D eigenvalue weighted by atomic mass is 32.1. The molecule has 190 valence electrons. The fraction of sp³-hybridized carbons (Fsp3) is 0.440. The van der Waals surface area contributed by atoms with Crippen molar-refractivity contribution in [3.05, 3.63) is 58.6 Å². The monoisotopic (exact) mass is 517 g/mol. The number of hydrogen-bond donors (Lipinski definition) is 2. The van der Waals surface area contributed by atoms with E-state index in [0.717, 1.165) is 53.5 Å². The molecule has 0 unspecified atom stereocenters. The molecule has 3 aromatic rings. The molecule has 0 radical (unpaired) electrons. The van der Waals surface area contributed by atoms with E-state index in [1.54, 1.807) is 25.3 Å². The van der Waals surface area contributed by atoms with Gasteiger partial charge in [0.15, 0.2) is 0 Å². The van der Waals surface area contributed by atoms with Gasteiger partial charge in [0.25, 0.3) is 5.91 Å². The van der Waals surface area contributed by atoms with Crippen molar-refractivity contribution in [1.29, 1.82) is 0 Å². The standard InChI is InChI=1S/C25H26F3N5O2S/c1-13-10-29-23(36-13)16-5-15(6-20(7-16)35-21-8-18-3-4-19(9-21)33-18)22(34)32-14(2)17-11-30-24(31-12-17)25(26,27)28/h5-7,10-12,14,18-19,21,33H,3-4,8-9H2,1-2H3,(H,32,34)/t14-,18-,19+,21-/m1/s1. The van der Waals surface area contributed by atoms with E-state index in [1.165, 1.54) is 11.3 Å². The summed E-state index contributed by atoms with van der Waals surface area (Å²) < 4.78 is 44.7. The summed E-state index contributed by atoms with van der Waals surface area (Å²) in [5, 5.41) is 7.21. The van der Waals surface area contributed by atoms with Crippen molar-refractivity contribution in [2.45, 2.75) is 69.9 Å². The lowest BCUT2D eigenvalue weighted by Gasteiger charge is -2.29. The number of ether oxygens (including phenoxy) is 1. The molecular weight excluding hydrogens is 491 g/mol. The maximum Gasteiger partial charge on any atom is 0.451 e. The number of thiazole rings is 1. The second-order valence-corrected chi connectivity index (χ2v) is 10.6. The first-order valence-electron chi connectivity index (χ1n) is 11.8. The van der Waals surface area contributed by atoms with Gasteiger partial charge in [0.1, 0.15) is 16.9 Å². The number of nitrogens with zero attached hydrogens (tertiary/aromatic N) is 3. The molecule has 0 aliphatic carbocycles. The molecule has 2 bridgehead atoms. The number of carbonyl (C=O) groups is 1. The summed E-state index contributed by atoms with van der Waals surface area (Å²) in [5.41, 5.74) is 1.52. The Labute approximate surface area is 210 Å². The number of nitrogens with one attached hydrogen (secondary N) is 2. The topological polar surface area (TPSA) is 89.0 Å². The zero-order valence-electron chi connectivity index (χ0n) is 19.8. The van der Waals surface area contributed by atoms with Crippen molar-refractivity contribution in [3.8, 4) is 16.3 Å². The first-order valence-corrected chi connectivity index (χ1v) is 12.7. The van der Waals surface area contributed by atoms with Crippen LogP contribution in [0.5, 0.6) is 5.75 Å². The molecule has 0 saturated carbocycles. The number of aryl methyl sites for hydroxylation is 1. The number of fused-ring (bicyclic) bond motifs is 2. The van der Waals surface area contributed by atoms with E-state index >= 15 is 0 Å². The van der Waals surface area contributed by atoms with Crippen molar-refractivity contribution < 1.29 is 22.7 Å². The molecule has 2 aliphatic rings. The van der Waals surface area contributed by atoms with Crippen molar-refractivity contribution in [3.63, 3.8) is 0 Å². The van der Waals surface area contributed by atoms with Gasteiger partial charge in [-0.2, -0.15) is 13.2 Å². The molecule has 2 aromatic heterocycles. The van der Waals surface area contributed by atoms with Crippen LogP contribution in [0.4, 0.5) is 13.2 Å². The Bertz CT molecular complexity index is 1240. The molecule has 36 heavy (non-hydrogen) atoms. The van der Waals surface area contributed by atoms with E-state index in [1.807, 2.05) is 13.0 Å². The summed E-state index contributed by atoms with van der Waals surface area (Å²) in [6.07, 6.45) is 3.54. The van der Waals surface area contributed by atoms with Crippen LogP contribution in [0.2, 0.25) is 0 Å². The number of carbonyl (C=O) groups excluding carboxylic acids is 1. The third-order valence-corrected chi connectivity index (χ3v) is 7.50. The summed E-state index contributed by atoms with van der Waals surface area (Å²) >= 11 is 1.52. The second kappa shape index (κ2) is 9.78. The fourth-order valence-corrected chi connectivity index (χ4v) is 5.53. The number of aromatic nitrogens is 3. The third kappa shape index (κ3) is 5.52. The molecule has 1 aromatic carbocycles. The Morgan fingerprint density at radius 1 is 1.11 bits per heavy atom. The van der Waals surface area contributed by atoms with Crippen LogP contribution in [0.25, 0.3) is 10.6 Å². The molecule has 2 saturated heterocycles. The van der Waals surface area contributed by atoms with Gasteiger partial charge in [0.05, 0.1) is 6.04 Å². The molecule has 2 aliphatic heterocycles. The van der Waals surface area contributed by atoms with Gasteiger partial charge in [-0.05, 0) is 57.7 Å². The van der Waals surface area contributed by atoms with Crippen molar-refractivity contribution in [1.82, 2.24) is 25.6 Å². The Hall–Kier alpha value is -3.05. The maximum atomic E-state index is 13.2. The maximum absolute atomic E-state index is 13.2. The van der Waals surface area contributed by atoms with E-state index < -0.39 is 18.0 Å². The fourth-order valence-electron chi connectivity index (χ4n) is 4.77. The largest absolute Gasteiger partial charge is 0.490 e. The third-order valence-electron chi connectivity index (χ3n) is 6.54. The van der Waals surface area contributed by atoms with E-state index in [2.05, 4.69) is 25.6 Å². The van der Waals surface area contributed by atoms with Crippen LogP contribution in [-0.4, -0.2) is 39.0 Å².